The molecule has 0 spiro atoms. The Morgan fingerprint density at radius 2 is 2.17 bits per heavy atom. The average Bonchev–Trinajstić information content (AvgIpc) is 2.72. The lowest BCUT2D eigenvalue weighted by Gasteiger charge is -2.36. The van der Waals surface area contributed by atoms with E-state index in [1.165, 1.54) is 17.3 Å². The molecular formula is C19H25F3N6O. The molecule has 3 rings (SSSR count). The number of rotatable bonds is 6. The topological polar surface area (TPSA) is 64.8 Å². The van der Waals surface area contributed by atoms with Crippen molar-refractivity contribution in [2.24, 2.45) is 20.9 Å². The Hall–Kier alpha value is -2.46. The predicted molar refractivity (Wildman–Crippen MR) is 107 cm³/mol. The number of halogens is 3. The highest BCUT2D eigenvalue weighted by Gasteiger charge is 2.36. The lowest BCUT2D eigenvalue weighted by molar-refractivity contribution is -0.0935. The number of aliphatic imine (C=N–C) groups is 3. The molecule has 29 heavy (non-hydrogen) atoms. The van der Waals surface area contributed by atoms with Gasteiger partial charge in [0.2, 0.25) is 0 Å². The molecule has 0 bridgehead atoms. The van der Waals surface area contributed by atoms with E-state index in [0.29, 0.717) is 17.5 Å². The van der Waals surface area contributed by atoms with Crippen LogP contribution in [0.25, 0.3) is 0 Å². The molecule has 1 fully saturated rings. The molecule has 10 heteroatoms. The Balaban J connectivity index is 1.76. The fraction of sp³-hybridized carbons (Fsp3) is 0.526. The molecule has 0 aromatic heterocycles. The van der Waals surface area contributed by atoms with Crippen molar-refractivity contribution in [1.29, 1.82) is 0 Å². The Morgan fingerprint density at radius 3 is 2.83 bits per heavy atom. The molecule has 1 unspecified atom stereocenters. The van der Waals surface area contributed by atoms with Gasteiger partial charge in [-0.25, -0.2) is 4.99 Å². The van der Waals surface area contributed by atoms with Crippen molar-refractivity contribution in [3.05, 3.63) is 36.1 Å². The van der Waals surface area contributed by atoms with Crippen molar-refractivity contribution in [3.8, 4) is 0 Å². The number of hydrogen-bond acceptors (Lipinski definition) is 7. The highest BCUT2D eigenvalue weighted by atomic mass is 19.4. The van der Waals surface area contributed by atoms with Crippen LogP contribution in [0.3, 0.4) is 0 Å². The molecule has 158 valence electrons. The molecule has 0 aromatic rings. The maximum absolute atomic E-state index is 13.1. The van der Waals surface area contributed by atoms with Crippen LogP contribution in [-0.2, 0) is 4.74 Å². The van der Waals surface area contributed by atoms with Crippen molar-refractivity contribution in [2.75, 3.05) is 33.4 Å². The van der Waals surface area contributed by atoms with Crippen LogP contribution in [0, 0.1) is 5.92 Å². The molecule has 0 saturated carbocycles. The average molecular weight is 410 g/mol. The molecule has 3 heterocycles. The number of amidine groups is 1. The van der Waals surface area contributed by atoms with Gasteiger partial charge in [-0.3, -0.25) is 14.9 Å². The number of hydrogen-bond donors (Lipinski definition) is 1. The Labute approximate surface area is 168 Å². The molecule has 0 aromatic carbocycles. The first-order valence-electron chi connectivity index (χ1n) is 9.41. The zero-order valence-corrected chi connectivity index (χ0v) is 16.3. The maximum atomic E-state index is 13.1. The van der Waals surface area contributed by atoms with Crippen LogP contribution in [0.1, 0.15) is 12.8 Å². The van der Waals surface area contributed by atoms with E-state index in [9.17, 15) is 13.2 Å². The van der Waals surface area contributed by atoms with Crippen molar-refractivity contribution in [3.63, 3.8) is 0 Å². The number of nitrogens with zero attached hydrogens (tertiary/aromatic N) is 5. The van der Waals surface area contributed by atoms with E-state index in [4.69, 9.17) is 9.73 Å². The molecule has 0 aliphatic carbocycles. The van der Waals surface area contributed by atoms with Gasteiger partial charge in [0.15, 0.2) is 11.5 Å². The zero-order valence-electron chi connectivity index (χ0n) is 16.3. The van der Waals surface area contributed by atoms with Gasteiger partial charge in [0.05, 0.1) is 12.7 Å². The second-order valence-electron chi connectivity index (χ2n) is 7.00. The Bertz CT molecular complexity index is 748. The molecule has 0 amide bonds. The maximum Gasteiger partial charge on any atom is 0.434 e. The van der Waals surface area contributed by atoms with E-state index in [1.54, 1.807) is 13.3 Å². The van der Waals surface area contributed by atoms with Gasteiger partial charge in [0.25, 0.3) is 0 Å². The standard InChI is InChI=1S/C19H25F3N6O/c1-23-11-15(28-10-7-24-16(12-28)19(20,21)22)18-25-6-3-17(26-18)27-8-4-14(5-9-27)13-29-2/h3,6-7,11-12,14,17H,1,4-5,8-10,13H2,2H3,(H,25,26)/b15-11-. The number of likely N-dealkylation sites (tertiary alicyclic amines) is 1. The molecular weight excluding hydrogens is 385 g/mol. The summed E-state index contributed by atoms with van der Waals surface area (Å²) in [6.45, 7) is 6.14. The summed E-state index contributed by atoms with van der Waals surface area (Å²) in [5, 5.41) is 3.02. The number of piperidine rings is 1. The summed E-state index contributed by atoms with van der Waals surface area (Å²) in [6.07, 6.45) is 4.61. The highest BCUT2D eigenvalue weighted by molar-refractivity contribution is 5.99. The van der Waals surface area contributed by atoms with E-state index in [-0.39, 0.29) is 12.7 Å². The normalized spacial score (nSPS) is 24.2. The van der Waals surface area contributed by atoms with E-state index in [0.717, 1.165) is 38.7 Å². The van der Waals surface area contributed by atoms with Gasteiger partial charge < -0.3 is 15.0 Å². The van der Waals surface area contributed by atoms with Crippen LogP contribution in [0.2, 0.25) is 0 Å². The third kappa shape index (κ3) is 5.33. The fourth-order valence-corrected chi connectivity index (χ4v) is 3.52. The van der Waals surface area contributed by atoms with Crippen LogP contribution < -0.4 is 5.32 Å². The lowest BCUT2D eigenvalue weighted by atomic mass is 9.97. The van der Waals surface area contributed by atoms with E-state index in [1.807, 2.05) is 6.08 Å². The van der Waals surface area contributed by atoms with E-state index < -0.39 is 11.9 Å². The molecule has 3 aliphatic heterocycles. The van der Waals surface area contributed by atoms with E-state index in [2.05, 4.69) is 26.9 Å². The van der Waals surface area contributed by atoms with Gasteiger partial charge in [0, 0.05) is 45.4 Å². The van der Waals surface area contributed by atoms with Gasteiger partial charge in [0.1, 0.15) is 11.9 Å². The summed E-state index contributed by atoms with van der Waals surface area (Å²) in [7, 11) is 1.71. The third-order valence-corrected chi connectivity index (χ3v) is 5.02. The van der Waals surface area contributed by atoms with Crippen molar-refractivity contribution < 1.29 is 17.9 Å². The number of ether oxygens (including phenoxy) is 1. The summed E-state index contributed by atoms with van der Waals surface area (Å²) in [5.74, 6) is 0.987. The van der Waals surface area contributed by atoms with Crippen LogP contribution in [-0.4, -0.2) is 74.3 Å². The molecule has 7 nitrogen and oxygen atoms in total. The summed E-state index contributed by atoms with van der Waals surface area (Å²) in [4.78, 5) is 15.6. The van der Waals surface area contributed by atoms with Gasteiger partial charge in [-0.15, -0.1) is 0 Å². The zero-order chi connectivity index (χ0) is 20.9. The first-order valence-corrected chi connectivity index (χ1v) is 9.41. The molecule has 0 radical (unpaired) electrons. The minimum Gasteiger partial charge on any atom is -0.384 e. The smallest absolute Gasteiger partial charge is 0.384 e. The molecule has 3 aliphatic rings. The minimum absolute atomic E-state index is 0.179. The van der Waals surface area contributed by atoms with Crippen LogP contribution in [0.15, 0.2) is 51.0 Å². The molecule has 1 N–H and O–H groups in total. The summed E-state index contributed by atoms with van der Waals surface area (Å²) in [5.41, 5.74) is -0.570. The van der Waals surface area contributed by atoms with Gasteiger partial charge in [-0.1, -0.05) is 0 Å². The first-order chi connectivity index (χ1) is 13.9. The minimum atomic E-state index is -4.53. The quantitative estimate of drug-likeness (QED) is 0.684. The SMILES string of the molecule is C=N/C=C(/C1=NC(N2CCC(COC)CC2)C=CN1)N1C=C(C(F)(F)F)N=CC1. The van der Waals surface area contributed by atoms with Crippen LogP contribution in [0.4, 0.5) is 13.2 Å². The Morgan fingerprint density at radius 1 is 1.41 bits per heavy atom. The van der Waals surface area contributed by atoms with Crippen molar-refractivity contribution in [1.82, 2.24) is 15.1 Å². The van der Waals surface area contributed by atoms with Crippen molar-refractivity contribution in [2.45, 2.75) is 25.2 Å². The number of allylic oxidation sites excluding steroid dienone is 1. The van der Waals surface area contributed by atoms with Gasteiger partial charge in [-0.05, 0) is 31.6 Å². The first kappa shape index (κ1) is 21.3. The number of nitrogens with one attached hydrogen (secondary N) is 1. The second-order valence-corrected chi connectivity index (χ2v) is 7.00. The number of alkyl halides is 3. The molecule has 1 saturated heterocycles. The lowest BCUT2D eigenvalue weighted by Crippen LogP contribution is -2.44. The molecule has 1 atom stereocenters. The highest BCUT2D eigenvalue weighted by Crippen LogP contribution is 2.29. The van der Waals surface area contributed by atoms with Crippen LogP contribution in [0.5, 0.6) is 0 Å². The van der Waals surface area contributed by atoms with Crippen molar-refractivity contribution >= 4 is 18.8 Å². The summed E-state index contributed by atoms with van der Waals surface area (Å²) >= 11 is 0. The second kappa shape index (κ2) is 9.36. The Kier molecular flexibility index (Phi) is 6.86. The summed E-state index contributed by atoms with van der Waals surface area (Å²) in [6, 6.07) is 0. The van der Waals surface area contributed by atoms with Crippen LogP contribution >= 0.6 is 0 Å². The fourth-order valence-electron chi connectivity index (χ4n) is 3.52. The third-order valence-electron chi connectivity index (χ3n) is 5.02. The van der Waals surface area contributed by atoms with E-state index >= 15 is 0 Å². The number of methoxy groups -OCH3 is 1. The predicted octanol–water partition coefficient (Wildman–Crippen LogP) is 2.52. The summed E-state index contributed by atoms with van der Waals surface area (Å²) < 4.78 is 44.4. The van der Waals surface area contributed by atoms with Gasteiger partial charge >= 0.3 is 6.18 Å². The van der Waals surface area contributed by atoms with Gasteiger partial charge in [-0.2, -0.15) is 13.2 Å². The monoisotopic (exact) mass is 410 g/mol. The largest absolute Gasteiger partial charge is 0.434 e.